The number of nitrogens with zero attached hydrogens (tertiary/aromatic N) is 2. The third-order valence-electron chi connectivity index (χ3n) is 5.56. The highest BCUT2D eigenvalue weighted by Crippen LogP contribution is 2.20. The van der Waals surface area contributed by atoms with E-state index in [1.165, 1.54) is 5.69 Å². The third kappa shape index (κ3) is 6.22. The van der Waals surface area contributed by atoms with Crippen LogP contribution < -0.4 is 15.0 Å². The average Bonchev–Trinajstić information content (AvgIpc) is 2.84. The number of amides is 1. The van der Waals surface area contributed by atoms with E-state index in [2.05, 4.69) is 34.3 Å². The molecule has 3 aromatic carbocycles. The van der Waals surface area contributed by atoms with E-state index in [1.807, 2.05) is 66.7 Å². The van der Waals surface area contributed by atoms with Crippen molar-refractivity contribution in [3.05, 3.63) is 96.1 Å². The Morgan fingerprint density at radius 3 is 2.28 bits per heavy atom. The molecule has 1 aliphatic rings. The Hall–Kier alpha value is -3.57. The van der Waals surface area contributed by atoms with Gasteiger partial charge in [-0.15, -0.1) is 0 Å². The number of carbonyl (C=O) groups excluding carboxylic acids is 1. The van der Waals surface area contributed by atoms with Gasteiger partial charge in [-0.1, -0.05) is 42.5 Å². The zero-order valence-corrected chi connectivity index (χ0v) is 18.4. The van der Waals surface area contributed by atoms with E-state index < -0.39 is 0 Å². The topological polar surface area (TPSA) is 44.8 Å². The summed E-state index contributed by atoms with van der Waals surface area (Å²) in [6.45, 7) is 4.74. The van der Waals surface area contributed by atoms with Crippen molar-refractivity contribution in [2.24, 2.45) is 0 Å². The van der Waals surface area contributed by atoms with E-state index >= 15 is 0 Å². The molecular formula is C27H29N3O2. The molecule has 1 saturated heterocycles. The predicted octanol–water partition coefficient (Wildman–Crippen LogP) is 4.67. The Kier molecular flexibility index (Phi) is 7.20. The Bertz CT molecular complexity index is 1020. The van der Waals surface area contributed by atoms with Gasteiger partial charge in [0.25, 0.3) is 0 Å². The normalized spacial score (nSPS) is 14.5. The molecule has 1 fully saturated rings. The lowest BCUT2D eigenvalue weighted by molar-refractivity contribution is -0.111. The Balaban J connectivity index is 1.26. The second kappa shape index (κ2) is 10.6. The highest BCUT2D eigenvalue weighted by Gasteiger charge is 2.14. The minimum atomic E-state index is -0.151. The van der Waals surface area contributed by atoms with Gasteiger partial charge in [0.05, 0.1) is 0 Å². The first kappa shape index (κ1) is 21.7. The third-order valence-corrected chi connectivity index (χ3v) is 5.56. The van der Waals surface area contributed by atoms with E-state index in [0.29, 0.717) is 6.61 Å². The van der Waals surface area contributed by atoms with Gasteiger partial charge in [-0.25, -0.2) is 0 Å². The summed E-state index contributed by atoms with van der Waals surface area (Å²) in [4.78, 5) is 17.0. The standard InChI is InChI=1S/C27H29N3O2/c1-29-17-19-30(20-18-29)25-12-10-24(11-13-25)28-27(31)16-9-22-7-14-26(15-8-22)32-21-23-5-3-2-4-6-23/h2-16H,17-21H2,1H3,(H,28,31)/b16-9+. The molecular weight excluding hydrogens is 398 g/mol. The molecule has 5 heteroatoms. The fraction of sp³-hybridized carbons (Fsp3) is 0.222. The van der Waals surface area contributed by atoms with Crippen LogP contribution in [-0.4, -0.2) is 44.0 Å². The Labute approximate surface area is 189 Å². The van der Waals surface area contributed by atoms with Crippen LogP contribution in [0.5, 0.6) is 5.75 Å². The molecule has 32 heavy (non-hydrogen) atoms. The molecule has 0 aromatic heterocycles. The number of anilines is 2. The van der Waals surface area contributed by atoms with E-state index in [9.17, 15) is 4.79 Å². The average molecular weight is 428 g/mol. The molecule has 4 rings (SSSR count). The summed E-state index contributed by atoms with van der Waals surface area (Å²) in [6, 6.07) is 25.8. The van der Waals surface area contributed by atoms with Crippen LogP contribution in [0, 0.1) is 0 Å². The number of hydrogen-bond donors (Lipinski definition) is 1. The number of benzene rings is 3. The molecule has 1 N–H and O–H groups in total. The van der Waals surface area contributed by atoms with Crippen molar-refractivity contribution in [2.75, 3.05) is 43.4 Å². The van der Waals surface area contributed by atoms with Crippen LogP contribution >= 0.6 is 0 Å². The summed E-state index contributed by atoms with van der Waals surface area (Å²) in [7, 11) is 2.15. The number of rotatable bonds is 7. The first-order valence-corrected chi connectivity index (χ1v) is 11.0. The summed E-state index contributed by atoms with van der Waals surface area (Å²) >= 11 is 0. The molecule has 1 heterocycles. The highest BCUT2D eigenvalue weighted by molar-refractivity contribution is 6.02. The second-order valence-corrected chi connectivity index (χ2v) is 8.00. The second-order valence-electron chi connectivity index (χ2n) is 8.00. The summed E-state index contributed by atoms with van der Waals surface area (Å²) in [5.74, 6) is 0.651. The number of likely N-dealkylation sites (N-methyl/N-ethyl adjacent to an activating group) is 1. The van der Waals surface area contributed by atoms with Crippen LogP contribution in [0.2, 0.25) is 0 Å². The Morgan fingerprint density at radius 1 is 0.906 bits per heavy atom. The molecule has 0 radical (unpaired) electrons. The SMILES string of the molecule is CN1CCN(c2ccc(NC(=O)/C=C/c3ccc(OCc4ccccc4)cc3)cc2)CC1. The first-order valence-electron chi connectivity index (χ1n) is 11.0. The van der Waals surface area contributed by atoms with Crippen LogP contribution in [0.4, 0.5) is 11.4 Å². The van der Waals surface area contributed by atoms with Crippen LogP contribution in [0.25, 0.3) is 6.08 Å². The molecule has 0 saturated carbocycles. The number of piperazine rings is 1. The summed E-state index contributed by atoms with van der Waals surface area (Å²) in [5.41, 5.74) is 4.06. The van der Waals surface area contributed by atoms with Crippen molar-refractivity contribution in [3.8, 4) is 5.75 Å². The minimum Gasteiger partial charge on any atom is -0.489 e. The van der Waals surface area contributed by atoms with Gasteiger partial charge in [0.1, 0.15) is 12.4 Å². The number of hydrogen-bond acceptors (Lipinski definition) is 4. The highest BCUT2D eigenvalue weighted by atomic mass is 16.5. The fourth-order valence-corrected chi connectivity index (χ4v) is 3.59. The largest absolute Gasteiger partial charge is 0.489 e. The quantitative estimate of drug-likeness (QED) is 0.557. The monoisotopic (exact) mass is 427 g/mol. The van der Waals surface area contributed by atoms with E-state index in [4.69, 9.17) is 4.74 Å². The molecule has 0 bridgehead atoms. The molecule has 0 spiro atoms. The maximum Gasteiger partial charge on any atom is 0.248 e. The van der Waals surface area contributed by atoms with Gasteiger partial charge >= 0.3 is 0 Å². The van der Waals surface area contributed by atoms with Gasteiger partial charge in [-0.05, 0) is 60.6 Å². The molecule has 5 nitrogen and oxygen atoms in total. The van der Waals surface area contributed by atoms with Gasteiger partial charge in [0.2, 0.25) is 5.91 Å². The van der Waals surface area contributed by atoms with Crippen molar-refractivity contribution >= 4 is 23.4 Å². The maximum atomic E-state index is 12.3. The fourth-order valence-electron chi connectivity index (χ4n) is 3.59. The van der Waals surface area contributed by atoms with Gasteiger partial charge in [0.15, 0.2) is 0 Å². The summed E-state index contributed by atoms with van der Waals surface area (Å²) in [6.07, 6.45) is 3.35. The van der Waals surface area contributed by atoms with Gasteiger partial charge in [-0.3, -0.25) is 4.79 Å². The van der Waals surface area contributed by atoms with Crippen molar-refractivity contribution in [2.45, 2.75) is 6.61 Å². The minimum absolute atomic E-state index is 0.151. The molecule has 0 aliphatic carbocycles. The molecule has 0 atom stereocenters. The van der Waals surface area contributed by atoms with Crippen molar-refractivity contribution < 1.29 is 9.53 Å². The molecule has 1 aliphatic heterocycles. The molecule has 1 amide bonds. The van der Waals surface area contributed by atoms with Crippen molar-refractivity contribution in [1.29, 1.82) is 0 Å². The molecule has 0 unspecified atom stereocenters. The van der Waals surface area contributed by atoms with Crippen LogP contribution in [0.1, 0.15) is 11.1 Å². The van der Waals surface area contributed by atoms with E-state index in [1.54, 1.807) is 12.2 Å². The zero-order valence-electron chi connectivity index (χ0n) is 18.4. The maximum absolute atomic E-state index is 12.3. The molecule has 164 valence electrons. The van der Waals surface area contributed by atoms with Crippen LogP contribution in [0.15, 0.2) is 84.9 Å². The Morgan fingerprint density at radius 2 is 1.59 bits per heavy atom. The lowest BCUT2D eigenvalue weighted by atomic mass is 10.2. The summed E-state index contributed by atoms with van der Waals surface area (Å²) < 4.78 is 5.80. The smallest absolute Gasteiger partial charge is 0.248 e. The number of carbonyl (C=O) groups is 1. The lowest BCUT2D eigenvalue weighted by Gasteiger charge is -2.34. The van der Waals surface area contributed by atoms with Gasteiger partial charge in [-0.2, -0.15) is 0 Å². The zero-order chi connectivity index (χ0) is 22.2. The van der Waals surface area contributed by atoms with Gasteiger partial charge < -0.3 is 19.9 Å². The molecule has 3 aromatic rings. The summed E-state index contributed by atoms with van der Waals surface area (Å²) in [5, 5.41) is 2.92. The lowest BCUT2D eigenvalue weighted by Crippen LogP contribution is -2.44. The van der Waals surface area contributed by atoms with Crippen LogP contribution in [-0.2, 0) is 11.4 Å². The van der Waals surface area contributed by atoms with E-state index in [0.717, 1.165) is 48.7 Å². The van der Waals surface area contributed by atoms with E-state index in [-0.39, 0.29) is 5.91 Å². The number of nitrogens with one attached hydrogen (secondary N) is 1. The number of ether oxygens (including phenoxy) is 1. The van der Waals surface area contributed by atoms with Crippen molar-refractivity contribution in [3.63, 3.8) is 0 Å². The van der Waals surface area contributed by atoms with Crippen LogP contribution in [0.3, 0.4) is 0 Å². The van der Waals surface area contributed by atoms with Crippen molar-refractivity contribution in [1.82, 2.24) is 4.90 Å². The van der Waals surface area contributed by atoms with Gasteiger partial charge in [0, 0.05) is 43.6 Å². The first-order chi connectivity index (χ1) is 15.7. The predicted molar refractivity (Wildman–Crippen MR) is 131 cm³/mol.